The molecule has 5 nitrogen and oxygen atoms in total. The molecule has 29 heavy (non-hydrogen) atoms. The van der Waals surface area contributed by atoms with Crippen molar-refractivity contribution in [1.82, 2.24) is 4.90 Å². The Morgan fingerprint density at radius 2 is 1.79 bits per heavy atom. The second kappa shape index (κ2) is 10.2. The SMILES string of the molecule is O=C(CCCCCN1C(=O)SC(=Cc2ccccc2)C1=S)Nc1ccc(O)cc1. The normalized spacial score (nSPS) is 15.2. The molecule has 0 atom stereocenters. The number of anilines is 1. The van der Waals surface area contributed by atoms with Crippen LogP contribution in [0.5, 0.6) is 5.75 Å². The number of thioether (sulfide) groups is 1. The van der Waals surface area contributed by atoms with Gasteiger partial charge < -0.3 is 10.4 Å². The van der Waals surface area contributed by atoms with Gasteiger partial charge in [0.25, 0.3) is 5.24 Å². The Morgan fingerprint density at radius 1 is 1.07 bits per heavy atom. The summed E-state index contributed by atoms with van der Waals surface area (Å²) >= 11 is 6.65. The zero-order valence-corrected chi connectivity index (χ0v) is 17.5. The topological polar surface area (TPSA) is 69.6 Å². The van der Waals surface area contributed by atoms with E-state index >= 15 is 0 Å². The van der Waals surface area contributed by atoms with Crippen LogP contribution in [-0.4, -0.2) is 32.7 Å². The highest BCUT2D eigenvalue weighted by Gasteiger charge is 2.30. The minimum atomic E-state index is -0.0629. The molecule has 2 N–H and O–H groups in total. The maximum atomic E-state index is 12.3. The molecule has 3 rings (SSSR count). The maximum Gasteiger partial charge on any atom is 0.291 e. The molecule has 0 unspecified atom stereocenters. The fourth-order valence-electron chi connectivity index (χ4n) is 2.89. The molecule has 150 valence electrons. The number of nitrogens with zero attached hydrogens (tertiary/aromatic N) is 1. The summed E-state index contributed by atoms with van der Waals surface area (Å²) in [4.78, 5) is 27.3. The Balaban J connectivity index is 1.39. The summed E-state index contributed by atoms with van der Waals surface area (Å²) in [7, 11) is 0. The third-order valence-corrected chi connectivity index (χ3v) is 5.90. The smallest absolute Gasteiger partial charge is 0.291 e. The van der Waals surface area contributed by atoms with E-state index in [1.807, 2.05) is 36.4 Å². The second-order valence-corrected chi connectivity index (χ2v) is 8.03. The Bertz CT molecular complexity index is 911. The van der Waals surface area contributed by atoms with E-state index in [1.54, 1.807) is 17.0 Å². The maximum absolute atomic E-state index is 12.3. The molecule has 0 spiro atoms. The highest BCUT2D eigenvalue weighted by Crippen LogP contribution is 2.33. The molecule has 2 aromatic rings. The van der Waals surface area contributed by atoms with Gasteiger partial charge in [0.1, 0.15) is 10.7 Å². The number of phenolic OH excluding ortho intramolecular Hbond substituents is 1. The van der Waals surface area contributed by atoms with Crippen molar-refractivity contribution in [2.45, 2.75) is 25.7 Å². The summed E-state index contributed by atoms with van der Waals surface area (Å²) in [6.45, 7) is 0.566. The number of amides is 2. The Labute approximate surface area is 179 Å². The summed E-state index contributed by atoms with van der Waals surface area (Å²) in [6.07, 6.45) is 4.71. The molecule has 1 saturated heterocycles. The molecule has 2 amide bonds. The number of carbonyl (C=O) groups is 2. The van der Waals surface area contributed by atoms with Crippen molar-refractivity contribution in [3.63, 3.8) is 0 Å². The first kappa shape index (κ1) is 21.1. The van der Waals surface area contributed by atoms with E-state index in [1.165, 1.54) is 23.9 Å². The van der Waals surface area contributed by atoms with Crippen LogP contribution in [0.25, 0.3) is 6.08 Å². The number of thiocarbonyl (C=S) groups is 1. The van der Waals surface area contributed by atoms with Gasteiger partial charge in [0.2, 0.25) is 5.91 Å². The van der Waals surface area contributed by atoms with E-state index < -0.39 is 0 Å². The van der Waals surface area contributed by atoms with Crippen LogP contribution in [0.4, 0.5) is 10.5 Å². The highest BCUT2D eigenvalue weighted by molar-refractivity contribution is 8.19. The molecular weight excluding hydrogens is 404 g/mol. The van der Waals surface area contributed by atoms with Crippen molar-refractivity contribution in [3.8, 4) is 5.75 Å². The summed E-state index contributed by atoms with van der Waals surface area (Å²) < 4.78 is 0. The molecular formula is C22H22N2O3S2. The Morgan fingerprint density at radius 3 is 2.52 bits per heavy atom. The largest absolute Gasteiger partial charge is 0.508 e. The van der Waals surface area contributed by atoms with Crippen LogP contribution in [0, 0.1) is 0 Å². The molecule has 1 fully saturated rings. The van der Waals surface area contributed by atoms with Gasteiger partial charge in [0.15, 0.2) is 0 Å². The number of benzene rings is 2. The van der Waals surface area contributed by atoms with Crippen molar-refractivity contribution in [1.29, 1.82) is 0 Å². The first-order chi connectivity index (χ1) is 14.0. The first-order valence-corrected chi connectivity index (χ1v) is 10.6. The summed E-state index contributed by atoms with van der Waals surface area (Å²) in [5.74, 6) is 0.101. The van der Waals surface area contributed by atoms with Gasteiger partial charge >= 0.3 is 0 Å². The number of phenols is 1. The Kier molecular flexibility index (Phi) is 7.43. The van der Waals surface area contributed by atoms with Gasteiger partial charge in [0.05, 0.1) is 4.91 Å². The lowest BCUT2D eigenvalue weighted by Crippen LogP contribution is -2.28. The van der Waals surface area contributed by atoms with E-state index in [4.69, 9.17) is 12.2 Å². The fourth-order valence-corrected chi connectivity index (χ4v) is 4.18. The quantitative estimate of drug-likeness (QED) is 0.255. The van der Waals surface area contributed by atoms with E-state index in [0.717, 1.165) is 29.7 Å². The summed E-state index contributed by atoms with van der Waals surface area (Å²) in [5, 5.41) is 12.0. The minimum absolute atomic E-state index is 0.0396. The average Bonchev–Trinajstić information content (AvgIpc) is 2.97. The molecule has 1 aliphatic rings. The highest BCUT2D eigenvalue weighted by atomic mass is 32.2. The van der Waals surface area contributed by atoms with E-state index in [9.17, 15) is 14.7 Å². The monoisotopic (exact) mass is 426 g/mol. The van der Waals surface area contributed by atoms with Crippen molar-refractivity contribution in [3.05, 3.63) is 65.1 Å². The standard InChI is InChI=1S/C22H22N2O3S2/c25-18-12-10-17(11-13-18)23-20(26)9-5-2-6-14-24-21(28)19(29-22(24)27)15-16-7-3-1-4-8-16/h1,3-4,7-8,10-13,15,25H,2,5-6,9,14H2,(H,23,26). The van der Waals surface area contributed by atoms with Crippen molar-refractivity contribution in [2.24, 2.45) is 0 Å². The van der Waals surface area contributed by atoms with Crippen molar-refractivity contribution >= 4 is 51.9 Å². The van der Waals surface area contributed by atoms with Crippen LogP contribution < -0.4 is 5.32 Å². The van der Waals surface area contributed by atoms with Gasteiger partial charge in [-0.2, -0.15) is 0 Å². The molecule has 0 aliphatic carbocycles. The van der Waals surface area contributed by atoms with E-state index in [0.29, 0.717) is 23.6 Å². The summed E-state index contributed by atoms with van der Waals surface area (Å²) in [6, 6.07) is 16.2. The number of nitrogens with one attached hydrogen (secondary N) is 1. The number of carbonyl (C=O) groups excluding carboxylic acids is 2. The predicted molar refractivity (Wildman–Crippen MR) is 122 cm³/mol. The van der Waals surface area contributed by atoms with E-state index in [2.05, 4.69) is 5.32 Å². The molecule has 0 aromatic heterocycles. The molecule has 0 saturated carbocycles. The molecule has 0 radical (unpaired) electrons. The molecule has 0 bridgehead atoms. The van der Waals surface area contributed by atoms with Crippen molar-refractivity contribution < 1.29 is 14.7 Å². The van der Waals surface area contributed by atoms with Crippen LogP contribution in [-0.2, 0) is 4.79 Å². The molecule has 1 aliphatic heterocycles. The minimum Gasteiger partial charge on any atom is -0.508 e. The summed E-state index contributed by atoms with van der Waals surface area (Å²) in [5.41, 5.74) is 1.68. The van der Waals surface area contributed by atoms with Gasteiger partial charge in [0, 0.05) is 18.7 Å². The van der Waals surface area contributed by atoms with E-state index in [-0.39, 0.29) is 16.9 Å². The molecule has 7 heteroatoms. The van der Waals surface area contributed by atoms with Crippen molar-refractivity contribution in [2.75, 3.05) is 11.9 Å². The third-order valence-electron chi connectivity index (χ3n) is 4.41. The van der Waals surface area contributed by atoms with Gasteiger partial charge in [-0.3, -0.25) is 14.5 Å². The fraction of sp³-hybridized carbons (Fsp3) is 0.227. The molecule has 1 heterocycles. The number of hydrogen-bond donors (Lipinski definition) is 2. The zero-order chi connectivity index (χ0) is 20.6. The lowest BCUT2D eigenvalue weighted by Gasteiger charge is -2.14. The van der Waals surface area contributed by atoms with Gasteiger partial charge in [-0.25, -0.2) is 0 Å². The lowest BCUT2D eigenvalue weighted by atomic mass is 10.1. The number of rotatable bonds is 8. The lowest BCUT2D eigenvalue weighted by molar-refractivity contribution is -0.116. The zero-order valence-electron chi connectivity index (χ0n) is 15.8. The third kappa shape index (κ3) is 6.17. The van der Waals surface area contributed by atoms with Gasteiger partial charge in [-0.15, -0.1) is 0 Å². The van der Waals surface area contributed by atoms with Crippen LogP contribution in [0.1, 0.15) is 31.2 Å². The van der Waals surface area contributed by atoms with Gasteiger partial charge in [-0.05, 0) is 60.5 Å². The Hall–Kier alpha value is -2.64. The predicted octanol–water partition coefficient (Wildman–Crippen LogP) is 5.43. The van der Waals surface area contributed by atoms with Crippen LogP contribution >= 0.6 is 24.0 Å². The number of aromatic hydroxyl groups is 1. The second-order valence-electron chi connectivity index (χ2n) is 6.65. The first-order valence-electron chi connectivity index (χ1n) is 9.42. The number of unbranched alkanes of at least 4 members (excludes halogenated alkanes) is 2. The van der Waals surface area contributed by atoms with Crippen LogP contribution in [0.3, 0.4) is 0 Å². The van der Waals surface area contributed by atoms with Crippen LogP contribution in [0.2, 0.25) is 0 Å². The van der Waals surface area contributed by atoms with Gasteiger partial charge in [-0.1, -0.05) is 49.0 Å². The number of hydrogen-bond acceptors (Lipinski definition) is 5. The van der Waals surface area contributed by atoms with Crippen LogP contribution in [0.15, 0.2) is 59.5 Å². The molecule has 2 aromatic carbocycles. The average molecular weight is 427 g/mol.